The lowest BCUT2D eigenvalue weighted by Crippen LogP contribution is -2.29. The van der Waals surface area contributed by atoms with Crippen LogP contribution in [0.4, 0.5) is 10.1 Å². The molecule has 0 fully saturated rings. The van der Waals surface area contributed by atoms with Crippen molar-refractivity contribution < 1.29 is 13.9 Å². The van der Waals surface area contributed by atoms with E-state index in [1.54, 1.807) is 24.3 Å². The number of amides is 1. The number of rotatable bonds is 6. The highest BCUT2D eigenvalue weighted by atomic mass is 19.1. The van der Waals surface area contributed by atoms with Crippen LogP contribution in [0.5, 0.6) is 5.75 Å². The second-order valence-corrected chi connectivity index (χ2v) is 4.54. The number of hydrogen-bond acceptors (Lipinski definition) is 3. The molecule has 3 N–H and O–H groups in total. The average molecular weight is 288 g/mol. The van der Waals surface area contributed by atoms with Gasteiger partial charge in [0.25, 0.3) is 0 Å². The third-order valence-corrected chi connectivity index (χ3v) is 2.88. The van der Waals surface area contributed by atoms with Crippen molar-refractivity contribution in [3.8, 4) is 5.75 Å². The minimum absolute atomic E-state index is 0.133. The smallest absolute Gasteiger partial charge is 0.224 e. The quantitative estimate of drug-likeness (QED) is 0.632. The molecule has 110 valence electrons. The number of carbonyl (C=O) groups is 1. The summed E-state index contributed by atoms with van der Waals surface area (Å²) in [6, 6.07) is 13.0. The molecule has 21 heavy (non-hydrogen) atoms. The van der Waals surface area contributed by atoms with Crippen LogP contribution in [0.3, 0.4) is 0 Å². The molecular formula is C16H17FN2O2. The van der Waals surface area contributed by atoms with Gasteiger partial charge in [-0.25, -0.2) is 4.39 Å². The number of nitrogen functional groups attached to an aromatic ring is 1. The third-order valence-electron chi connectivity index (χ3n) is 2.88. The first-order valence-electron chi connectivity index (χ1n) is 6.63. The summed E-state index contributed by atoms with van der Waals surface area (Å²) in [4.78, 5) is 11.7. The van der Waals surface area contributed by atoms with Crippen LogP contribution in [0.2, 0.25) is 0 Å². The van der Waals surface area contributed by atoms with E-state index >= 15 is 0 Å². The number of anilines is 1. The van der Waals surface area contributed by atoms with E-state index in [2.05, 4.69) is 5.32 Å². The Hall–Kier alpha value is -2.56. The van der Waals surface area contributed by atoms with Crippen LogP contribution in [-0.4, -0.2) is 19.1 Å². The minimum Gasteiger partial charge on any atom is -0.490 e. The monoisotopic (exact) mass is 288 g/mol. The molecule has 0 aliphatic carbocycles. The molecule has 2 aromatic carbocycles. The number of ether oxygens (including phenoxy) is 1. The molecule has 0 bridgehead atoms. The van der Waals surface area contributed by atoms with Crippen LogP contribution in [0, 0.1) is 5.82 Å². The third kappa shape index (κ3) is 4.80. The van der Waals surface area contributed by atoms with Crippen molar-refractivity contribution in [2.45, 2.75) is 6.42 Å². The lowest BCUT2D eigenvalue weighted by molar-refractivity contribution is -0.120. The maximum absolute atomic E-state index is 12.7. The molecule has 0 aromatic heterocycles. The Morgan fingerprint density at radius 1 is 1.14 bits per heavy atom. The fraction of sp³-hybridized carbons (Fsp3) is 0.188. The lowest BCUT2D eigenvalue weighted by atomic mass is 10.1. The van der Waals surface area contributed by atoms with Gasteiger partial charge in [0.15, 0.2) is 0 Å². The van der Waals surface area contributed by atoms with Crippen molar-refractivity contribution >= 4 is 11.6 Å². The van der Waals surface area contributed by atoms with Crippen molar-refractivity contribution in [3.63, 3.8) is 0 Å². The number of nitrogens with one attached hydrogen (secondary N) is 1. The summed E-state index contributed by atoms with van der Waals surface area (Å²) in [5.74, 6) is 0.157. The summed E-state index contributed by atoms with van der Waals surface area (Å²) in [5, 5.41) is 2.74. The Kier molecular flexibility index (Phi) is 5.15. The summed E-state index contributed by atoms with van der Waals surface area (Å²) in [6.07, 6.45) is 0.216. The van der Waals surface area contributed by atoms with Gasteiger partial charge in [-0.15, -0.1) is 0 Å². The van der Waals surface area contributed by atoms with E-state index in [-0.39, 0.29) is 18.1 Å². The van der Waals surface area contributed by atoms with Gasteiger partial charge in [-0.05, 0) is 29.8 Å². The molecule has 0 saturated heterocycles. The maximum Gasteiger partial charge on any atom is 0.224 e. The molecule has 0 atom stereocenters. The molecule has 1 amide bonds. The normalized spacial score (nSPS) is 10.1. The molecule has 0 heterocycles. The average Bonchev–Trinajstić information content (AvgIpc) is 2.48. The van der Waals surface area contributed by atoms with Crippen LogP contribution in [0.15, 0.2) is 48.5 Å². The van der Waals surface area contributed by atoms with E-state index in [9.17, 15) is 9.18 Å². The van der Waals surface area contributed by atoms with E-state index in [4.69, 9.17) is 10.5 Å². The zero-order valence-electron chi connectivity index (χ0n) is 11.5. The highest BCUT2D eigenvalue weighted by molar-refractivity contribution is 5.78. The van der Waals surface area contributed by atoms with Gasteiger partial charge in [0, 0.05) is 0 Å². The molecule has 0 spiro atoms. The number of carbonyl (C=O) groups excluding carboxylic acids is 1. The molecule has 2 rings (SSSR count). The van der Waals surface area contributed by atoms with Gasteiger partial charge in [-0.1, -0.05) is 24.3 Å². The number of hydrogen-bond donors (Lipinski definition) is 2. The molecule has 0 radical (unpaired) electrons. The molecule has 4 nitrogen and oxygen atoms in total. The lowest BCUT2D eigenvalue weighted by Gasteiger charge is -2.09. The Bertz CT molecular complexity index is 599. The number of para-hydroxylation sites is 2. The standard InChI is InChI=1S/C16H17FN2O2/c17-13-7-5-12(6-8-13)11-16(20)19-9-10-21-15-4-2-1-3-14(15)18/h1-8H,9-11,18H2,(H,19,20). The summed E-state index contributed by atoms with van der Waals surface area (Å²) < 4.78 is 18.2. The van der Waals surface area contributed by atoms with Gasteiger partial charge >= 0.3 is 0 Å². The Morgan fingerprint density at radius 2 is 1.86 bits per heavy atom. The number of halogens is 1. The fourth-order valence-corrected chi connectivity index (χ4v) is 1.81. The predicted octanol–water partition coefficient (Wildman–Crippen LogP) is 2.15. The van der Waals surface area contributed by atoms with Gasteiger partial charge in [-0.2, -0.15) is 0 Å². The summed E-state index contributed by atoms with van der Waals surface area (Å²) in [7, 11) is 0. The summed E-state index contributed by atoms with van der Waals surface area (Å²) >= 11 is 0. The van der Waals surface area contributed by atoms with Crippen molar-refractivity contribution in [1.82, 2.24) is 5.32 Å². The first kappa shape index (κ1) is 14.8. The summed E-state index contributed by atoms with van der Waals surface area (Å²) in [6.45, 7) is 0.720. The van der Waals surface area contributed by atoms with Gasteiger partial charge in [0.2, 0.25) is 5.91 Å². The Labute approximate surface area is 122 Å². The van der Waals surface area contributed by atoms with Crippen LogP contribution in [-0.2, 0) is 11.2 Å². The van der Waals surface area contributed by atoms with E-state index in [1.165, 1.54) is 12.1 Å². The van der Waals surface area contributed by atoms with Crippen LogP contribution in [0.25, 0.3) is 0 Å². The van der Waals surface area contributed by atoms with Gasteiger partial charge < -0.3 is 15.8 Å². The minimum atomic E-state index is -0.312. The molecule has 0 aliphatic heterocycles. The Balaban J connectivity index is 1.70. The molecule has 0 saturated carbocycles. The van der Waals surface area contributed by atoms with Crippen molar-refractivity contribution in [2.24, 2.45) is 0 Å². The van der Waals surface area contributed by atoms with Gasteiger partial charge in [0.05, 0.1) is 18.7 Å². The maximum atomic E-state index is 12.7. The molecular weight excluding hydrogens is 271 g/mol. The van der Waals surface area contributed by atoms with E-state index in [0.717, 1.165) is 5.56 Å². The number of benzene rings is 2. The Morgan fingerprint density at radius 3 is 2.57 bits per heavy atom. The zero-order chi connectivity index (χ0) is 15.1. The largest absolute Gasteiger partial charge is 0.490 e. The second-order valence-electron chi connectivity index (χ2n) is 4.54. The van der Waals surface area contributed by atoms with Crippen LogP contribution < -0.4 is 15.8 Å². The first-order valence-corrected chi connectivity index (χ1v) is 6.63. The van der Waals surface area contributed by atoms with Crippen molar-refractivity contribution in [1.29, 1.82) is 0 Å². The van der Waals surface area contributed by atoms with E-state index < -0.39 is 0 Å². The molecule has 5 heteroatoms. The highest BCUT2D eigenvalue weighted by Crippen LogP contribution is 2.19. The predicted molar refractivity (Wildman–Crippen MR) is 79.5 cm³/mol. The highest BCUT2D eigenvalue weighted by Gasteiger charge is 2.04. The van der Waals surface area contributed by atoms with Crippen LogP contribution in [0.1, 0.15) is 5.56 Å². The SMILES string of the molecule is Nc1ccccc1OCCNC(=O)Cc1ccc(F)cc1. The van der Waals surface area contributed by atoms with Gasteiger partial charge in [0.1, 0.15) is 18.2 Å². The van der Waals surface area contributed by atoms with E-state index in [0.29, 0.717) is 24.6 Å². The topological polar surface area (TPSA) is 64.3 Å². The van der Waals surface area contributed by atoms with E-state index in [1.807, 2.05) is 12.1 Å². The molecule has 2 aromatic rings. The number of nitrogens with two attached hydrogens (primary N) is 1. The first-order chi connectivity index (χ1) is 10.1. The second kappa shape index (κ2) is 7.28. The fourth-order valence-electron chi connectivity index (χ4n) is 1.81. The zero-order valence-corrected chi connectivity index (χ0v) is 11.5. The van der Waals surface area contributed by atoms with Crippen LogP contribution >= 0.6 is 0 Å². The van der Waals surface area contributed by atoms with Crippen molar-refractivity contribution in [3.05, 3.63) is 59.9 Å². The molecule has 0 unspecified atom stereocenters. The van der Waals surface area contributed by atoms with Gasteiger partial charge in [-0.3, -0.25) is 4.79 Å². The summed E-state index contributed by atoms with van der Waals surface area (Å²) in [5.41, 5.74) is 7.06. The van der Waals surface area contributed by atoms with Crippen molar-refractivity contribution in [2.75, 3.05) is 18.9 Å². The molecule has 0 aliphatic rings.